The Kier molecular flexibility index (Phi) is 5.01. The molecule has 2 rings (SSSR count). The van der Waals surface area contributed by atoms with Gasteiger partial charge in [-0.3, -0.25) is 4.90 Å². The van der Waals surface area contributed by atoms with Crippen molar-refractivity contribution in [2.24, 2.45) is 0 Å². The fourth-order valence-corrected chi connectivity index (χ4v) is 2.52. The molecule has 1 unspecified atom stereocenters. The first-order valence-corrected chi connectivity index (χ1v) is 6.64. The summed E-state index contributed by atoms with van der Waals surface area (Å²) >= 11 is 0. The number of hydrogen-bond acceptors (Lipinski definition) is 5. The molecule has 19 heavy (non-hydrogen) atoms. The second kappa shape index (κ2) is 6.75. The number of ether oxygens (including phenoxy) is 2. The summed E-state index contributed by atoms with van der Waals surface area (Å²) in [5.74, 6) is 1.54. The second-order valence-corrected chi connectivity index (χ2v) is 4.59. The van der Waals surface area contributed by atoms with Crippen molar-refractivity contribution in [2.75, 3.05) is 47.4 Å². The van der Waals surface area contributed by atoms with Gasteiger partial charge in [0.1, 0.15) is 0 Å². The third-order valence-electron chi connectivity index (χ3n) is 3.51. The molecule has 0 spiro atoms. The van der Waals surface area contributed by atoms with Gasteiger partial charge >= 0.3 is 0 Å². The molecule has 106 valence electrons. The van der Waals surface area contributed by atoms with E-state index < -0.39 is 0 Å². The summed E-state index contributed by atoms with van der Waals surface area (Å²) in [6.45, 7) is 4.15. The highest BCUT2D eigenvalue weighted by Crippen LogP contribution is 2.30. The molecule has 0 amide bonds. The zero-order chi connectivity index (χ0) is 13.7. The SMILES string of the molecule is CNC(c1ccc(OC)c(OC)c1)N1CCNCC1. The maximum absolute atomic E-state index is 5.38. The first-order valence-electron chi connectivity index (χ1n) is 6.64. The largest absolute Gasteiger partial charge is 0.493 e. The number of benzene rings is 1. The van der Waals surface area contributed by atoms with Crippen LogP contribution in [0.2, 0.25) is 0 Å². The Balaban J connectivity index is 2.22. The van der Waals surface area contributed by atoms with E-state index in [1.54, 1.807) is 14.2 Å². The molecule has 1 aliphatic rings. The van der Waals surface area contributed by atoms with Crippen LogP contribution >= 0.6 is 0 Å². The first-order chi connectivity index (χ1) is 9.30. The van der Waals surface area contributed by atoms with Gasteiger partial charge in [-0.05, 0) is 24.7 Å². The molecule has 1 fully saturated rings. The molecule has 0 aliphatic carbocycles. The van der Waals surface area contributed by atoms with E-state index in [9.17, 15) is 0 Å². The van der Waals surface area contributed by atoms with Crippen molar-refractivity contribution in [3.63, 3.8) is 0 Å². The van der Waals surface area contributed by atoms with Crippen LogP contribution in [0.4, 0.5) is 0 Å². The van der Waals surface area contributed by atoms with Crippen LogP contribution < -0.4 is 20.1 Å². The van der Waals surface area contributed by atoms with Gasteiger partial charge in [-0.15, -0.1) is 0 Å². The summed E-state index contributed by atoms with van der Waals surface area (Å²) in [7, 11) is 5.31. The Bertz CT molecular complexity index is 406. The van der Waals surface area contributed by atoms with E-state index in [1.807, 2.05) is 19.2 Å². The molecule has 5 heteroatoms. The van der Waals surface area contributed by atoms with E-state index in [0.29, 0.717) is 0 Å². The Morgan fingerprint density at radius 3 is 2.42 bits per heavy atom. The van der Waals surface area contributed by atoms with Crippen molar-refractivity contribution in [3.05, 3.63) is 23.8 Å². The van der Waals surface area contributed by atoms with Crippen molar-refractivity contribution in [1.29, 1.82) is 0 Å². The molecule has 0 saturated carbocycles. The fraction of sp³-hybridized carbons (Fsp3) is 0.571. The lowest BCUT2D eigenvalue weighted by Gasteiger charge is -2.35. The van der Waals surface area contributed by atoms with E-state index in [-0.39, 0.29) is 6.17 Å². The number of hydrogen-bond donors (Lipinski definition) is 2. The summed E-state index contributed by atoms with van der Waals surface area (Å²) in [6, 6.07) is 6.09. The Morgan fingerprint density at radius 1 is 1.16 bits per heavy atom. The van der Waals surface area contributed by atoms with Crippen LogP contribution in [0.1, 0.15) is 11.7 Å². The van der Waals surface area contributed by atoms with Gasteiger partial charge in [0.25, 0.3) is 0 Å². The minimum atomic E-state index is 0.210. The molecule has 1 aromatic rings. The molecule has 1 atom stereocenters. The summed E-state index contributed by atoms with van der Waals surface area (Å²) in [4.78, 5) is 2.43. The Hall–Kier alpha value is -1.30. The minimum absolute atomic E-state index is 0.210. The molecule has 1 aromatic carbocycles. The molecule has 0 aromatic heterocycles. The number of methoxy groups -OCH3 is 2. The number of piperazine rings is 1. The van der Waals surface area contributed by atoms with Gasteiger partial charge in [-0.1, -0.05) is 6.07 Å². The van der Waals surface area contributed by atoms with E-state index in [0.717, 1.165) is 37.7 Å². The Morgan fingerprint density at radius 2 is 1.84 bits per heavy atom. The topological polar surface area (TPSA) is 45.8 Å². The van der Waals surface area contributed by atoms with Gasteiger partial charge in [0.15, 0.2) is 11.5 Å². The lowest BCUT2D eigenvalue weighted by atomic mass is 10.1. The normalized spacial score (nSPS) is 18.1. The van der Waals surface area contributed by atoms with Gasteiger partial charge in [0.05, 0.1) is 20.4 Å². The molecule has 1 saturated heterocycles. The van der Waals surface area contributed by atoms with E-state index in [4.69, 9.17) is 9.47 Å². The summed E-state index contributed by atoms with van der Waals surface area (Å²) in [5.41, 5.74) is 1.20. The van der Waals surface area contributed by atoms with Gasteiger partial charge in [0.2, 0.25) is 0 Å². The number of nitrogens with one attached hydrogen (secondary N) is 2. The maximum atomic E-state index is 5.38. The molecule has 0 bridgehead atoms. The van der Waals surface area contributed by atoms with Crippen molar-refractivity contribution < 1.29 is 9.47 Å². The van der Waals surface area contributed by atoms with Crippen molar-refractivity contribution in [1.82, 2.24) is 15.5 Å². The zero-order valence-electron chi connectivity index (χ0n) is 11.9. The lowest BCUT2D eigenvalue weighted by molar-refractivity contribution is 0.152. The van der Waals surface area contributed by atoms with Crippen molar-refractivity contribution >= 4 is 0 Å². The highest BCUT2D eigenvalue weighted by Gasteiger charge is 2.21. The summed E-state index contributed by atoms with van der Waals surface area (Å²) < 4.78 is 10.7. The number of nitrogens with zero attached hydrogens (tertiary/aromatic N) is 1. The predicted octanol–water partition coefficient (Wildman–Crippen LogP) is 0.827. The third-order valence-corrected chi connectivity index (χ3v) is 3.51. The molecule has 1 aliphatic heterocycles. The molecule has 0 radical (unpaired) electrons. The Labute approximate surface area is 114 Å². The summed E-state index contributed by atoms with van der Waals surface area (Å²) in [5, 5.41) is 6.75. The van der Waals surface area contributed by atoms with Crippen LogP contribution in [0.15, 0.2) is 18.2 Å². The van der Waals surface area contributed by atoms with Crippen LogP contribution in [-0.4, -0.2) is 52.3 Å². The monoisotopic (exact) mass is 265 g/mol. The van der Waals surface area contributed by atoms with Gasteiger partial charge in [0, 0.05) is 26.2 Å². The van der Waals surface area contributed by atoms with Gasteiger partial charge in [-0.25, -0.2) is 0 Å². The highest BCUT2D eigenvalue weighted by atomic mass is 16.5. The van der Waals surface area contributed by atoms with Crippen LogP contribution in [0.25, 0.3) is 0 Å². The fourth-order valence-electron chi connectivity index (χ4n) is 2.52. The van der Waals surface area contributed by atoms with Gasteiger partial charge in [-0.2, -0.15) is 0 Å². The summed E-state index contributed by atoms with van der Waals surface area (Å²) in [6.07, 6.45) is 0.210. The molecule has 5 nitrogen and oxygen atoms in total. The molecular weight excluding hydrogens is 242 g/mol. The average Bonchev–Trinajstić information content (AvgIpc) is 2.49. The maximum Gasteiger partial charge on any atom is 0.161 e. The molecule has 2 N–H and O–H groups in total. The van der Waals surface area contributed by atoms with Crippen molar-refractivity contribution in [2.45, 2.75) is 6.17 Å². The quantitative estimate of drug-likeness (QED) is 0.825. The van der Waals surface area contributed by atoms with Crippen molar-refractivity contribution in [3.8, 4) is 11.5 Å². The molecule has 1 heterocycles. The number of rotatable bonds is 5. The van der Waals surface area contributed by atoms with Crippen LogP contribution in [0.3, 0.4) is 0 Å². The van der Waals surface area contributed by atoms with Crippen LogP contribution in [-0.2, 0) is 0 Å². The van der Waals surface area contributed by atoms with E-state index in [1.165, 1.54) is 5.56 Å². The predicted molar refractivity (Wildman–Crippen MR) is 75.8 cm³/mol. The van der Waals surface area contributed by atoms with Crippen LogP contribution in [0.5, 0.6) is 11.5 Å². The van der Waals surface area contributed by atoms with Gasteiger partial charge < -0.3 is 20.1 Å². The minimum Gasteiger partial charge on any atom is -0.493 e. The smallest absolute Gasteiger partial charge is 0.161 e. The second-order valence-electron chi connectivity index (χ2n) is 4.59. The first kappa shape index (κ1) is 14.1. The standard InChI is InChI=1S/C14H23N3O2/c1-15-14(17-8-6-16-7-9-17)11-4-5-12(18-2)13(10-11)19-3/h4-5,10,14-16H,6-9H2,1-3H3. The van der Waals surface area contributed by atoms with E-state index in [2.05, 4.69) is 21.6 Å². The lowest BCUT2D eigenvalue weighted by Crippen LogP contribution is -2.48. The zero-order valence-corrected chi connectivity index (χ0v) is 11.9. The highest BCUT2D eigenvalue weighted by molar-refractivity contribution is 5.43. The van der Waals surface area contributed by atoms with Crippen LogP contribution in [0, 0.1) is 0 Å². The average molecular weight is 265 g/mol. The molecular formula is C14H23N3O2. The van der Waals surface area contributed by atoms with E-state index >= 15 is 0 Å². The third kappa shape index (κ3) is 3.18.